The Labute approximate surface area is 149 Å². The standard InChI is InChI=1S/C18H31N5O2/c1-10-6-7-12(8-14(10)24)22-16-13(15(19)25)9-20-17(23-16)21-11(2)18(3,4)5/h9-12,14,24H,6-8H2,1-5H3,(H2,19,25)(H2,20,21,22,23)/t10-,11+,12-,14-/m1/s1. The second-order valence-electron chi connectivity index (χ2n) is 8.25. The van der Waals surface area contributed by atoms with Crippen LogP contribution in [0.2, 0.25) is 0 Å². The van der Waals surface area contributed by atoms with Crippen molar-refractivity contribution in [3.8, 4) is 0 Å². The Morgan fingerprint density at radius 1 is 1.40 bits per heavy atom. The smallest absolute Gasteiger partial charge is 0.254 e. The lowest BCUT2D eigenvalue weighted by molar-refractivity contribution is 0.0739. The molecule has 4 atom stereocenters. The number of aliphatic hydroxyl groups excluding tert-OH is 1. The van der Waals surface area contributed by atoms with Gasteiger partial charge in [-0.3, -0.25) is 4.79 Å². The van der Waals surface area contributed by atoms with E-state index in [0.717, 1.165) is 12.8 Å². The lowest BCUT2D eigenvalue weighted by atomic mass is 9.85. The predicted octanol–water partition coefficient (Wildman–Crippen LogP) is 2.38. The molecule has 0 aromatic carbocycles. The SMILES string of the molecule is C[C@@H]1CC[C@@H](Nc2nc(N[C@@H](C)C(C)(C)C)ncc2C(N)=O)C[C@H]1O. The van der Waals surface area contributed by atoms with Crippen molar-refractivity contribution in [3.05, 3.63) is 11.8 Å². The van der Waals surface area contributed by atoms with Gasteiger partial charge in [0.2, 0.25) is 5.95 Å². The van der Waals surface area contributed by atoms with Crippen LogP contribution in [0, 0.1) is 11.3 Å². The van der Waals surface area contributed by atoms with Crippen molar-refractivity contribution >= 4 is 17.7 Å². The molecule has 0 spiro atoms. The Hall–Kier alpha value is -1.89. The average Bonchev–Trinajstić information content (AvgIpc) is 2.50. The van der Waals surface area contributed by atoms with Crippen molar-refractivity contribution in [1.82, 2.24) is 9.97 Å². The molecule has 1 saturated carbocycles. The van der Waals surface area contributed by atoms with Gasteiger partial charge in [-0.05, 0) is 37.5 Å². The number of carbonyl (C=O) groups is 1. The average molecular weight is 349 g/mol. The molecule has 1 amide bonds. The molecule has 7 nitrogen and oxygen atoms in total. The summed E-state index contributed by atoms with van der Waals surface area (Å²) in [4.78, 5) is 20.4. The lowest BCUT2D eigenvalue weighted by Crippen LogP contribution is -2.36. The highest BCUT2D eigenvalue weighted by Crippen LogP contribution is 2.28. The molecule has 1 aliphatic carbocycles. The van der Waals surface area contributed by atoms with Crippen LogP contribution in [-0.2, 0) is 0 Å². The number of amides is 1. The van der Waals surface area contributed by atoms with Crippen LogP contribution in [0.1, 0.15) is 64.2 Å². The van der Waals surface area contributed by atoms with Gasteiger partial charge < -0.3 is 21.5 Å². The van der Waals surface area contributed by atoms with E-state index in [1.165, 1.54) is 6.20 Å². The molecule has 140 valence electrons. The Bertz CT molecular complexity index is 614. The number of nitrogens with two attached hydrogens (primary N) is 1. The van der Waals surface area contributed by atoms with Crippen LogP contribution in [0.25, 0.3) is 0 Å². The minimum Gasteiger partial charge on any atom is -0.393 e. The van der Waals surface area contributed by atoms with Crippen molar-refractivity contribution in [1.29, 1.82) is 0 Å². The van der Waals surface area contributed by atoms with Gasteiger partial charge >= 0.3 is 0 Å². The molecule has 1 aromatic rings. The summed E-state index contributed by atoms with van der Waals surface area (Å²) >= 11 is 0. The second-order valence-corrected chi connectivity index (χ2v) is 8.25. The molecule has 7 heteroatoms. The topological polar surface area (TPSA) is 113 Å². The highest BCUT2D eigenvalue weighted by Gasteiger charge is 2.27. The second kappa shape index (κ2) is 7.56. The molecule has 0 bridgehead atoms. The van der Waals surface area contributed by atoms with Crippen LogP contribution in [-0.4, -0.2) is 39.2 Å². The fraction of sp³-hybridized carbons (Fsp3) is 0.722. The molecular formula is C18H31N5O2. The fourth-order valence-electron chi connectivity index (χ4n) is 2.77. The molecule has 1 fully saturated rings. The van der Waals surface area contributed by atoms with E-state index in [1.807, 2.05) is 0 Å². The van der Waals surface area contributed by atoms with E-state index < -0.39 is 5.91 Å². The predicted molar refractivity (Wildman–Crippen MR) is 99.5 cm³/mol. The maximum absolute atomic E-state index is 11.7. The molecule has 1 heterocycles. The van der Waals surface area contributed by atoms with E-state index >= 15 is 0 Å². The Morgan fingerprint density at radius 3 is 2.64 bits per heavy atom. The third kappa shape index (κ3) is 5.04. The van der Waals surface area contributed by atoms with Gasteiger partial charge in [-0.15, -0.1) is 0 Å². The quantitative estimate of drug-likeness (QED) is 0.649. The highest BCUT2D eigenvalue weighted by molar-refractivity contribution is 5.97. The molecule has 0 unspecified atom stereocenters. The zero-order valence-corrected chi connectivity index (χ0v) is 15.8. The van der Waals surface area contributed by atoms with Gasteiger partial charge in [-0.2, -0.15) is 4.98 Å². The molecule has 0 radical (unpaired) electrons. The van der Waals surface area contributed by atoms with Gasteiger partial charge in [0.05, 0.1) is 11.7 Å². The van der Waals surface area contributed by atoms with E-state index in [-0.39, 0.29) is 29.2 Å². The zero-order valence-electron chi connectivity index (χ0n) is 15.8. The van der Waals surface area contributed by atoms with Gasteiger partial charge in [-0.25, -0.2) is 4.98 Å². The van der Waals surface area contributed by atoms with Crippen LogP contribution in [0.5, 0.6) is 0 Å². The molecule has 25 heavy (non-hydrogen) atoms. The van der Waals surface area contributed by atoms with E-state index in [9.17, 15) is 9.90 Å². The first-order chi connectivity index (χ1) is 11.6. The number of hydrogen-bond donors (Lipinski definition) is 4. The molecule has 1 aliphatic rings. The number of primary amides is 1. The molecule has 5 N–H and O–H groups in total. The Morgan fingerprint density at radius 2 is 2.08 bits per heavy atom. The number of carbonyl (C=O) groups excluding carboxylic acids is 1. The van der Waals surface area contributed by atoms with E-state index in [2.05, 4.69) is 55.2 Å². The lowest BCUT2D eigenvalue weighted by Gasteiger charge is -2.32. The summed E-state index contributed by atoms with van der Waals surface area (Å²) < 4.78 is 0. The van der Waals surface area contributed by atoms with E-state index in [1.54, 1.807) is 0 Å². The van der Waals surface area contributed by atoms with Crippen LogP contribution in [0.3, 0.4) is 0 Å². The molecular weight excluding hydrogens is 318 g/mol. The number of aliphatic hydroxyl groups is 1. The Balaban J connectivity index is 2.19. The monoisotopic (exact) mass is 349 g/mol. The van der Waals surface area contributed by atoms with Crippen molar-refractivity contribution in [3.63, 3.8) is 0 Å². The summed E-state index contributed by atoms with van der Waals surface area (Å²) in [6.07, 6.45) is 3.59. The van der Waals surface area contributed by atoms with E-state index in [4.69, 9.17) is 5.73 Å². The summed E-state index contributed by atoms with van der Waals surface area (Å²) in [5.74, 6) is 0.615. The van der Waals surface area contributed by atoms with Crippen molar-refractivity contribution < 1.29 is 9.90 Å². The van der Waals surface area contributed by atoms with Crippen molar-refractivity contribution in [2.75, 3.05) is 10.6 Å². The normalized spacial score (nSPS) is 25.3. The third-order valence-corrected chi connectivity index (χ3v) is 5.19. The number of nitrogens with one attached hydrogen (secondary N) is 2. The van der Waals surface area contributed by atoms with Crippen LogP contribution in [0.15, 0.2) is 6.20 Å². The van der Waals surface area contributed by atoms with Crippen molar-refractivity contribution in [2.24, 2.45) is 17.1 Å². The first-order valence-corrected chi connectivity index (χ1v) is 8.96. The molecule has 1 aromatic heterocycles. The summed E-state index contributed by atoms with van der Waals surface area (Å²) in [5, 5.41) is 16.7. The first kappa shape index (κ1) is 19.4. The maximum Gasteiger partial charge on any atom is 0.254 e. The van der Waals surface area contributed by atoms with Crippen LogP contribution in [0.4, 0.5) is 11.8 Å². The van der Waals surface area contributed by atoms with Gasteiger partial charge in [0.1, 0.15) is 5.82 Å². The van der Waals surface area contributed by atoms with Crippen LogP contribution < -0.4 is 16.4 Å². The number of rotatable bonds is 5. The number of anilines is 2. The summed E-state index contributed by atoms with van der Waals surface area (Å²) in [7, 11) is 0. The van der Waals surface area contributed by atoms with Gasteiger partial charge in [0.25, 0.3) is 5.91 Å². The summed E-state index contributed by atoms with van der Waals surface area (Å²) in [5.41, 5.74) is 5.77. The maximum atomic E-state index is 11.7. The van der Waals surface area contributed by atoms with Crippen molar-refractivity contribution in [2.45, 2.75) is 72.1 Å². The summed E-state index contributed by atoms with van der Waals surface area (Å²) in [6.45, 7) is 10.5. The summed E-state index contributed by atoms with van der Waals surface area (Å²) in [6, 6.07) is 0.212. The largest absolute Gasteiger partial charge is 0.393 e. The minimum atomic E-state index is -0.567. The zero-order chi connectivity index (χ0) is 18.8. The Kier molecular flexibility index (Phi) is 5.87. The van der Waals surface area contributed by atoms with Crippen LogP contribution >= 0.6 is 0 Å². The highest BCUT2D eigenvalue weighted by atomic mass is 16.3. The fourth-order valence-corrected chi connectivity index (χ4v) is 2.77. The van der Waals surface area contributed by atoms with Gasteiger partial charge in [0.15, 0.2) is 0 Å². The third-order valence-electron chi connectivity index (χ3n) is 5.19. The number of aromatic nitrogens is 2. The number of nitrogens with zero attached hydrogens (tertiary/aromatic N) is 2. The van der Waals surface area contributed by atoms with Gasteiger partial charge in [0, 0.05) is 18.3 Å². The molecule has 0 aliphatic heterocycles. The van der Waals surface area contributed by atoms with E-state index in [0.29, 0.717) is 24.1 Å². The minimum absolute atomic E-state index is 0.0446. The first-order valence-electron chi connectivity index (χ1n) is 8.96. The number of hydrogen-bond acceptors (Lipinski definition) is 6. The van der Waals surface area contributed by atoms with Gasteiger partial charge in [-0.1, -0.05) is 27.7 Å². The molecule has 2 rings (SSSR count). The molecule has 0 saturated heterocycles.